The number of aryl methyl sites for hydroxylation is 1. The van der Waals surface area contributed by atoms with Crippen molar-refractivity contribution in [1.82, 2.24) is 9.97 Å². The average Bonchev–Trinajstić information content (AvgIpc) is 2.15. The first-order chi connectivity index (χ1) is 7.96. The van der Waals surface area contributed by atoms with Gasteiger partial charge in [-0.25, -0.2) is 4.98 Å². The maximum atomic E-state index is 5.77. The zero-order valence-electron chi connectivity index (χ0n) is 10.9. The molecule has 0 aliphatic rings. The summed E-state index contributed by atoms with van der Waals surface area (Å²) in [5.41, 5.74) is -0.0912. The van der Waals surface area contributed by atoms with Crippen LogP contribution in [0.1, 0.15) is 33.0 Å². The van der Waals surface area contributed by atoms with Crippen LogP contribution < -0.4 is 10.1 Å². The molecule has 1 aromatic heterocycles. The second-order valence-electron chi connectivity index (χ2n) is 4.52. The molecular formula is C12H20ClN3O. The molecule has 0 aromatic carbocycles. The summed E-state index contributed by atoms with van der Waals surface area (Å²) in [5.74, 6) is 2.68. The molecule has 0 fully saturated rings. The Morgan fingerprint density at radius 2 is 2.12 bits per heavy atom. The fourth-order valence-corrected chi connectivity index (χ4v) is 1.94. The number of hydrogen-bond acceptors (Lipinski definition) is 4. The van der Waals surface area contributed by atoms with E-state index in [1.54, 1.807) is 0 Å². The van der Waals surface area contributed by atoms with Gasteiger partial charge < -0.3 is 10.1 Å². The second kappa shape index (κ2) is 6.05. The van der Waals surface area contributed by atoms with E-state index in [0.29, 0.717) is 24.2 Å². The van der Waals surface area contributed by atoms with E-state index in [-0.39, 0.29) is 5.54 Å². The van der Waals surface area contributed by atoms with Gasteiger partial charge in [-0.3, -0.25) is 0 Å². The molecule has 5 heteroatoms. The third-order valence-electron chi connectivity index (χ3n) is 2.29. The summed E-state index contributed by atoms with van der Waals surface area (Å²) in [6, 6.07) is 1.81. The van der Waals surface area contributed by atoms with Gasteiger partial charge in [-0.15, -0.1) is 11.6 Å². The van der Waals surface area contributed by atoms with Crippen LogP contribution in [0.2, 0.25) is 0 Å². The normalized spacial score (nSPS) is 11.4. The summed E-state index contributed by atoms with van der Waals surface area (Å²) in [5, 5.41) is 3.34. The molecule has 0 aliphatic heterocycles. The van der Waals surface area contributed by atoms with Crippen LogP contribution in [0.5, 0.6) is 5.88 Å². The Morgan fingerprint density at radius 1 is 1.41 bits per heavy atom. The molecule has 1 aromatic rings. The molecule has 0 saturated carbocycles. The number of nitrogens with one attached hydrogen (secondary N) is 1. The van der Waals surface area contributed by atoms with E-state index in [1.165, 1.54) is 0 Å². The molecule has 0 saturated heterocycles. The van der Waals surface area contributed by atoms with E-state index < -0.39 is 0 Å². The molecule has 0 amide bonds. The number of anilines is 1. The summed E-state index contributed by atoms with van der Waals surface area (Å²) < 4.78 is 5.38. The molecule has 0 bridgehead atoms. The van der Waals surface area contributed by atoms with Crippen molar-refractivity contribution < 1.29 is 4.74 Å². The third-order valence-corrected chi connectivity index (χ3v) is 2.48. The topological polar surface area (TPSA) is 47.0 Å². The number of alkyl halides is 1. The van der Waals surface area contributed by atoms with Gasteiger partial charge in [0, 0.05) is 17.5 Å². The zero-order chi connectivity index (χ0) is 12.9. The van der Waals surface area contributed by atoms with Crippen LogP contribution in [-0.4, -0.2) is 28.0 Å². The number of nitrogens with zero attached hydrogens (tertiary/aromatic N) is 2. The molecule has 1 N–H and O–H groups in total. The number of aromatic nitrogens is 2. The summed E-state index contributed by atoms with van der Waals surface area (Å²) in [6.45, 7) is 8.56. The van der Waals surface area contributed by atoms with E-state index in [2.05, 4.69) is 29.1 Å². The minimum absolute atomic E-state index is 0.0912. The summed E-state index contributed by atoms with van der Waals surface area (Å²) in [7, 11) is 0. The Bertz CT molecular complexity index is 369. The van der Waals surface area contributed by atoms with Gasteiger partial charge in [-0.1, -0.05) is 0 Å². The Morgan fingerprint density at radius 3 is 2.71 bits per heavy atom. The lowest BCUT2D eigenvalue weighted by Crippen LogP contribution is -2.31. The summed E-state index contributed by atoms with van der Waals surface area (Å²) in [6.07, 6.45) is 0.863. The van der Waals surface area contributed by atoms with E-state index >= 15 is 0 Å². The predicted molar refractivity (Wildman–Crippen MR) is 71.0 cm³/mol. The molecule has 17 heavy (non-hydrogen) atoms. The van der Waals surface area contributed by atoms with Crippen LogP contribution in [0.15, 0.2) is 6.07 Å². The highest BCUT2D eigenvalue weighted by Crippen LogP contribution is 2.20. The molecule has 96 valence electrons. The first-order valence-electron chi connectivity index (χ1n) is 5.79. The minimum atomic E-state index is -0.0912. The van der Waals surface area contributed by atoms with Crippen molar-refractivity contribution in [2.24, 2.45) is 0 Å². The lowest BCUT2D eigenvalue weighted by molar-refractivity contribution is 0.325. The van der Waals surface area contributed by atoms with Crippen molar-refractivity contribution >= 4 is 17.4 Å². The van der Waals surface area contributed by atoms with Gasteiger partial charge in [0.1, 0.15) is 11.6 Å². The van der Waals surface area contributed by atoms with Crippen molar-refractivity contribution in [1.29, 1.82) is 0 Å². The van der Waals surface area contributed by atoms with Gasteiger partial charge in [0.05, 0.1) is 6.61 Å². The quantitative estimate of drug-likeness (QED) is 0.796. The average molecular weight is 258 g/mol. The van der Waals surface area contributed by atoms with Crippen molar-refractivity contribution in [3.8, 4) is 5.88 Å². The Labute approximate surface area is 108 Å². The Balaban J connectivity index is 2.83. The molecule has 1 rings (SSSR count). The van der Waals surface area contributed by atoms with E-state index in [9.17, 15) is 0 Å². The largest absolute Gasteiger partial charge is 0.478 e. The molecule has 1 heterocycles. The smallest absolute Gasteiger partial charge is 0.218 e. The van der Waals surface area contributed by atoms with E-state index in [1.807, 2.05) is 19.9 Å². The van der Waals surface area contributed by atoms with Gasteiger partial charge in [0.2, 0.25) is 5.88 Å². The highest BCUT2D eigenvalue weighted by Gasteiger charge is 2.17. The van der Waals surface area contributed by atoms with Crippen LogP contribution in [0.25, 0.3) is 0 Å². The van der Waals surface area contributed by atoms with Crippen molar-refractivity contribution in [2.75, 3.05) is 17.8 Å². The minimum Gasteiger partial charge on any atom is -0.478 e. The molecular weight excluding hydrogens is 238 g/mol. The maximum Gasteiger partial charge on any atom is 0.218 e. The Hall–Kier alpha value is -1.03. The fourth-order valence-electron chi connectivity index (χ4n) is 1.47. The summed E-state index contributed by atoms with van der Waals surface area (Å²) in [4.78, 5) is 8.54. The highest BCUT2D eigenvalue weighted by molar-refractivity contribution is 6.17. The number of ether oxygens (including phenoxy) is 1. The van der Waals surface area contributed by atoms with Crippen molar-refractivity contribution in [2.45, 2.75) is 39.7 Å². The number of hydrogen-bond donors (Lipinski definition) is 1. The highest BCUT2D eigenvalue weighted by atomic mass is 35.5. The SMILES string of the molecule is CCOc1cc(NC(C)(C)CCCl)nc(C)n1. The van der Waals surface area contributed by atoms with Crippen LogP contribution in [0.3, 0.4) is 0 Å². The number of rotatable bonds is 6. The van der Waals surface area contributed by atoms with Crippen LogP contribution in [-0.2, 0) is 0 Å². The first-order valence-corrected chi connectivity index (χ1v) is 6.33. The fraction of sp³-hybridized carbons (Fsp3) is 0.667. The number of halogens is 1. The standard InChI is InChI=1S/C12H20ClN3O/c1-5-17-11-8-10(14-9(2)15-11)16-12(3,4)6-7-13/h8H,5-7H2,1-4H3,(H,14,15,16). The molecule has 4 nitrogen and oxygen atoms in total. The van der Waals surface area contributed by atoms with Gasteiger partial charge >= 0.3 is 0 Å². The van der Waals surface area contributed by atoms with Crippen LogP contribution in [0, 0.1) is 6.92 Å². The Kier molecular flexibility index (Phi) is 5.00. The molecule has 0 aliphatic carbocycles. The second-order valence-corrected chi connectivity index (χ2v) is 4.90. The predicted octanol–water partition coefficient (Wildman–Crippen LogP) is 3.00. The van der Waals surface area contributed by atoms with Crippen molar-refractivity contribution in [3.63, 3.8) is 0 Å². The van der Waals surface area contributed by atoms with E-state index in [4.69, 9.17) is 16.3 Å². The molecule has 0 spiro atoms. The summed E-state index contributed by atoms with van der Waals surface area (Å²) >= 11 is 5.77. The van der Waals surface area contributed by atoms with E-state index in [0.717, 1.165) is 12.2 Å². The van der Waals surface area contributed by atoms with Gasteiger partial charge in [-0.2, -0.15) is 4.98 Å². The molecule has 0 radical (unpaired) electrons. The van der Waals surface area contributed by atoms with Crippen molar-refractivity contribution in [3.05, 3.63) is 11.9 Å². The molecule has 0 unspecified atom stereocenters. The van der Waals surface area contributed by atoms with Crippen LogP contribution in [0.4, 0.5) is 5.82 Å². The lowest BCUT2D eigenvalue weighted by Gasteiger charge is -2.26. The lowest BCUT2D eigenvalue weighted by atomic mass is 10.0. The molecule has 0 atom stereocenters. The van der Waals surface area contributed by atoms with Gasteiger partial charge in [0.15, 0.2) is 0 Å². The van der Waals surface area contributed by atoms with Gasteiger partial charge in [0.25, 0.3) is 0 Å². The first kappa shape index (κ1) is 14.0. The van der Waals surface area contributed by atoms with Gasteiger partial charge in [-0.05, 0) is 34.1 Å². The monoisotopic (exact) mass is 257 g/mol. The van der Waals surface area contributed by atoms with Crippen LogP contribution >= 0.6 is 11.6 Å². The third kappa shape index (κ3) is 4.77. The maximum absolute atomic E-state index is 5.77. The zero-order valence-corrected chi connectivity index (χ0v) is 11.6.